The number of aromatic nitrogens is 3. The summed E-state index contributed by atoms with van der Waals surface area (Å²) in [6, 6.07) is 0. The summed E-state index contributed by atoms with van der Waals surface area (Å²) in [4.78, 5) is 21.9. The lowest BCUT2D eigenvalue weighted by Crippen LogP contribution is -2.31. The van der Waals surface area contributed by atoms with Crippen LogP contribution in [-0.2, 0) is 11.3 Å². The highest BCUT2D eigenvalue weighted by Gasteiger charge is 2.08. The maximum absolute atomic E-state index is 11.1. The third kappa shape index (κ3) is 2.36. The van der Waals surface area contributed by atoms with E-state index in [4.69, 9.17) is 5.84 Å². The fraction of sp³-hybridized carbons (Fsp3) is 0.500. The lowest BCUT2D eigenvalue weighted by Gasteiger charge is -2.00. The Bertz CT molecular complexity index is 371. The van der Waals surface area contributed by atoms with Crippen molar-refractivity contribution in [2.45, 2.75) is 18.6 Å². The molecule has 0 aliphatic heterocycles. The van der Waals surface area contributed by atoms with E-state index in [0.29, 0.717) is 11.7 Å². The molecule has 78 valence electrons. The van der Waals surface area contributed by atoms with E-state index >= 15 is 0 Å². The maximum Gasteiger partial charge on any atom is 0.343 e. The van der Waals surface area contributed by atoms with E-state index in [0.717, 1.165) is 11.8 Å². The van der Waals surface area contributed by atoms with Crippen molar-refractivity contribution < 1.29 is 4.79 Å². The highest BCUT2D eigenvalue weighted by molar-refractivity contribution is 7.99. The Balaban J connectivity index is 2.67. The second-order valence-corrected chi connectivity index (χ2v) is 3.35. The number of hydrogen-bond acceptors (Lipinski definition) is 5. The van der Waals surface area contributed by atoms with Gasteiger partial charge in [-0.15, -0.1) is 5.10 Å². The number of carbonyl (C=O) groups is 1. The molecule has 0 aliphatic carbocycles. The molecule has 0 radical (unpaired) electrons. The van der Waals surface area contributed by atoms with Crippen LogP contribution in [0.25, 0.3) is 0 Å². The largest absolute Gasteiger partial charge is 0.343 e. The topological polar surface area (TPSA) is 106 Å². The average molecular weight is 217 g/mol. The number of carbonyl (C=O) groups excluding carboxylic acids is 1. The smallest absolute Gasteiger partial charge is 0.294 e. The van der Waals surface area contributed by atoms with Gasteiger partial charge in [0.15, 0.2) is 5.16 Å². The van der Waals surface area contributed by atoms with E-state index in [9.17, 15) is 9.59 Å². The molecule has 1 aromatic heterocycles. The summed E-state index contributed by atoms with van der Waals surface area (Å²) >= 11 is 1.15. The number of nitrogens with zero attached hydrogens (tertiary/aromatic N) is 2. The van der Waals surface area contributed by atoms with Crippen molar-refractivity contribution in [2.75, 3.05) is 5.75 Å². The predicted molar refractivity (Wildman–Crippen MR) is 51.6 cm³/mol. The molecule has 0 aromatic carbocycles. The fourth-order valence-electron chi connectivity index (χ4n) is 0.864. The van der Waals surface area contributed by atoms with Crippen molar-refractivity contribution in [2.24, 2.45) is 5.84 Å². The van der Waals surface area contributed by atoms with Crippen molar-refractivity contribution >= 4 is 17.7 Å². The zero-order valence-corrected chi connectivity index (χ0v) is 8.43. The molecule has 0 unspecified atom stereocenters. The van der Waals surface area contributed by atoms with Gasteiger partial charge in [-0.2, -0.15) is 0 Å². The first-order chi connectivity index (χ1) is 6.69. The van der Waals surface area contributed by atoms with Crippen LogP contribution in [0.4, 0.5) is 0 Å². The van der Waals surface area contributed by atoms with E-state index in [1.54, 1.807) is 0 Å². The summed E-state index contributed by atoms with van der Waals surface area (Å²) < 4.78 is 1.44. The molecule has 0 bridgehead atoms. The quantitative estimate of drug-likeness (QED) is 0.251. The summed E-state index contributed by atoms with van der Waals surface area (Å²) in [5, 5.41) is 6.55. The highest BCUT2D eigenvalue weighted by Crippen LogP contribution is 2.11. The molecule has 1 heterocycles. The number of amides is 1. The summed E-state index contributed by atoms with van der Waals surface area (Å²) in [7, 11) is 0. The Morgan fingerprint density at radius 2 is 2.50 bits per heavy atom. The monoisotopic (exact) mass is 217 g/mol. The lowest BCUT2D eigenvalue weighted by molar-refractivity contribution is -0.118. The first-order valence-electron chi connectivity index (χ1n) is 3.96. The van der Waals surface area contributed by atoms with Crippen LogP contribution in [0.5, 0.6) is 0 Å². The number of hydrazine groups is 1. The van der Waals surface area contributed by atoms with Crippen molar-refractivity contribution in [3.63, 3.8) is 0 Å². The molecular formula is C6H11N5O2S. The number of H-pyrrole nitrogens is 1. The molecule has 0 fully saturated rings. The van der Waals surface area contributed by atoms with E-state index in [1.807, 2.05) is 12.3 Å². The Labute approximate surface area is 84.0 Å². The minimum absolute atomic E-state index is 0.140. The molecule has 0 spiro atoms. The summed E-state index contributed by atoms with van der Waals surface area (Å²) in [6.07, 6.45) is 0. The van der Waals surface area contributed by atoms with Gasteiger partial charge in [-0.25, -0.2) is 15.7 Å². The number of nitrogens with one attached hydrogen (secondary N) is 2. The van der Waals surface area contributed by atoms with Gasteiger partial charge in [0, 0.05) is 6.54 Å². The van der Waals surface area contributed by atoms with Crippen LogP contribution in [0, 0.1) is 0 Å². The normalized spacial score (nSPS) is 10.1. The first kappa shape index (κ1) is 10.8. The Kier molecular flexibility index (Phi) is 3.72. The molecule has 0 aliphatic rings. The summed E-state index contributed by atoms with van der Waals surface area (Å²) in [5.41, 5.74) is 1.72. The Morgan fingerprint density at radius 3 is 3.07 bits per heavy atom. The van der Waals surface area contributed by atoms with Gasteiger partial charge in [0.25, 0.3) is 0 Å². The SMILES string of the molecule is CCn1c(SCC(=O)NN)n[nH]c1=O. The van der Waals surface area contributed by atoms with Crippen molar-refractivity contribution in [3.05, 3.63) is 10.5 Å². The van der Waals surface area contributed by atoms with Crippen LogP contribution in [0.1, 0.15) is 6.92 Å². The van der Waals surface area contributed by atoms with Crippen LogP contribution < -0.4 is 17.0 Å². The average Bonchev–Trinajstić information content (AvgIpc) is 2.55. The van der Waals surface area contributed by atoms with Gasteiger partial charge < -0.3 is 0 Å². The molecule has 8 heteroatoms. The van der Waals surface area contributed by atoms with Crippen molar-refractivity contribution in [3.8, 4) is 0 Å². The number of rotatable bonds is 4. The molecule has 0 atom stereocenters. The van der Waals surface area contributed by atoms with E-state index < -0.39 is 0 Å². The van der Waals surface area contributed by atoms with E-state index in [2.05, 4.69) is 10.2 Å². The van der Waals surface area contributed by atoms with Gasteiger partial charge in [0.1, 0.15) is 0 Å². The molecule has 0 saturated carbocycles. The minimum Gasteiger partial charge on any atom is -0.294 e. The van der Waals surface area contributed by atoms with Gasteiger partial charge in [0.2, 0.25) is 5.91 Å². The number of nitrogens with two attached hydrogens (primary N) is 1. The Hall–Kier alpha value is -1.28. The van der Waals surface area contributed by atoms with Crippen molar-refractivity contribution in [1.82, 2.24) is 20.2 Å². The van der Waals surface area contributed by atoms with Gasteiger partial charge in [0.05, 0.1) is 5.75 Å². The third-order valence-corrected chi connectivity index (χ3v) is 2.51. The summed E-state index contributed by atoms with van der Waals surface area (Å²) in [5.74, 6) is 4.73. The zero-order valence-electron chi connectivity index (χ0n) is 7.61. The van der Waals surface area contributed by atoms with Crippen LogP contribution in [0.3, 0.4) is 0 Å². The third-order valence-electron chi connectivity index (χ3n) is 1.53. The fourth-order valence-corrected chi connectivity index (χ4v) is 1.69. The number of aromatic amines is 1. The van der Waals surface area contributed by atoms with E-state index in [1.165, 1.54) is 4.57 Å². The second kappa shape index (κ2) is 4.82. The molecule has 4 N–H and O–H groups in total. The highest BCUT2D eigenvalue weighted by atomic mass is 32.2. The molecular weight excluding hydrogens is 206 g/mol. The maximum atomic E-state index is 11.1. The van der Waals surface area contributed by atoms with Gasteiger partial charge in [-0.3, -0.25) is 14.8 Å². The number of thioether (sulfide) groups is 1. The van der Waals surface area contributed by atoms with Gasteiger partial charge in [-0.1, -0.05) is 11.8 Å². The number of hydrogen-bond donors (Lipinski definition) is 3. The van der Waals surface area contributed by atoms with Crippen molar-refractivity contribution in [1.29, 1.82) is 0 Å². The molecule has 1 aromatic rings. The van der Waals surface area contributed by atoms with Crippen LogP contribution >= 0.6 is 11.8 Å². The van der Waals surface area contributed by atoms with Gasteiger partial charge in [-0.05, 0) is 6.92 Å². The van der Waals surface area contributed by atoms with E-state index in [-0.39, 0.29) is 17.3 Å². The molecule has 7 nitrogen and oxygen atoms in total. The molecule has 0 saturated heterocycles. The standard InChI is InChI=1S/C6H11N5O2S/c1-2-11-5(13)9-10-6(11)14-3-4(12)8-7/h2-3,7H2,1H3,(H,8,12)(H,9,13). The molecule has 1 rings (SSSR count). The van der Waals surface area contributed by atoms with Crippen LogP contribution in [-0.4, -0.2) is 26.4 Å². The van der Waals surface area contributed by atoms with Crippen LogP contribution in [0.2, 0.25) is 0 Å². The second-order valence-electron chi connectivity index (χ2n) is 2.41. The van der Waals surface area contributed by atoms with Gasteiger partial charge >= 0.3 is 5.69 Å². The summed E-state index contributed by atoms with van der Waals surface area (Å²) in [6.45, 7) is 2.34. The predicted octanol–water partition coefficient (Wildman–Crippen LogP) is -1.33. The Morgan fingerprint density at radius 1 is 1.79 bits per heavy atom. The van der Waals surface area contributed by atoms with Crippen LogP contribution in [0.15, 0.2) is 9.95 Å². The molecule has 1 amide bonds. The zero-order chi connectivity index (χ0) is 10.6. The molecule has 14 heavy (non-hydrogen) atoms. The minimum atomic E-state index is -0.312. The lowest BCUT2D eigenvalue weighted by atomic mass is 10.7. The first-order valence-corrected chi connectivity index (χ1v) is 4.95.